The predicted octanol–water partition coefficient (Wildman–Crippen LogP) is 3.63. The van der Waals surface area contributed by atoms with Crippen molar-refractivity contribution in [1.29, 1.82) is 0 Å². The van der Waals surface area contributed by atoms with E-state index in [4.69, 9.17) is 25.8 Å². The number of ether oxygens (including phenoxy) is 3. The third kappa shape index (κ3) is 2.20. The fourth-order valence-corrected chi connectivity index (χ4v) is 2.92. The van der Waals surface area contributed by atoms with E-state index in [1.165, 1.54) is 0 Å². The Morgan fingerprint density at radius 2 is 1.81 bits per heavy atom. The number of aliphatic hydroxyl groups excluding tert-OH is 1. The second-order valence-corrected chi connectivity index (χ2v) is 5.59. The fourth-order valence-electron chi connectivity index (χ4n) is 2.74. The molecule has 2 aromatic carbocycles. The summed E-state index contributed by atoms with van der Waals surface area (Å²) >= 11 is 5.96. The van der Waals surface area contributed by atoms with Crippen molar-refractivity contribution in [3.8, 4) is 17.2 Å². The third-order valence-electron chi connectivity index (χ3n) is 3.81. The van der Waals surface area contributed by atoms with Crippen LogP contribution in [0.4, 0.5) is 0 Å². The molecule has 4 nitrogen and oxygen atoms in total. The van der Waals surface area contributed by atoms with Gasteiger partial charge in [0.05, 0.1) is 6.10 Å². The lowest BCUT2D eigenvalue weighted by Gasteiger charge is -2.30. The lowest BCUT2D eigenvalue weighted by Crippen LogP contribution is -2.19. The lowest BCUT2D eigenvalue weighted by molar-refractivity contribution is 0.0656. The Hall–Kier alpha value is -1.91. The first-order valence-electron chi connectivity index (χ1n) is 6.74. The summed E-state index contributed by atoms with van der Waals surface area (Å²) in [5, 5.41) is 10.9. The van der Waals surface area contributed by atoms with Crippen LogP contribution in [0.1, 0.15) is 29.8 Å². The van der Waals surface area contributed by atoms with E-state index in [2.05, 4.69) is 0 Å². The number of hydrogen-bond donors (Lipinski definition) is 1. The molecule has 1 N–H and O–H groups in total. The second-order valence-electron chi connectivity index (χ2n) is 5.15. The van der Waals surface area contributed by atoms with Gasteiger partial charge >= 0.3 is 0 Å². The Kier molecular flexibility index (Phi) is 2.94. The maximum absolute atomic E-state index is 10.3. The molecule has 2 aromatic rings. The van der Waals surface area contributed by atoms with Gasteiger partial charge in [-0.3, -0.25) is 0 Å². The standard InChI is InChI=1S/C16H13ClO4/c17-10-2-4-13-11(6-10)12(18)7-15(21-13)9-1-3-14-16(5-9)20-8-19-14/h1-6,12,15,18H,7-8H2/t12-,15?/m1/s1. The summed E-state index contributed by atoms with van der Waals surface area (Å²) < 4.78 is 16.7. The molecule has 108 valence electrons. The van der Waals surface area contributed by atoms with E-state index in [9.17, 15) is 5.11 Å². The summed E-state index contributed by atoms with van der Waals surface area (Å²) in [4.78, 5) is 0. The first-order chi connectivity index (χ1) is 10.2. The van der Waals surface area contributed by atoms with E-state index >= 15 is 0 Å². The second kappa shape index (κ2) is 4.83. The Morgan fingerprint density at radius 3 is 2.71 bits per heavy atom. The van der Waals surface area contributed by atoms with E-state index in [0.717, 1.165) is 16.9 Å². The highest BCUT2D eigenvalue weighted by atomic mass is 35.5. The van der Waals surface area contributed by atoms with Gasteiger partial charge in [-0.1, -0.05) is 17.7 Å². The molecule has 2 aliphatic rings. The number of halogens is 1. The molecule has 0 spiro atoms. The van der Waals surface area contributed by atoms with Gasteiger partial charge in [-0.25, -0.2) is 0 Å². The van der Waals surface area contributed by atoms with Crippen molar-refractivity contribution < 1.29 is 19.3 Å². The number of hydrogen-bond acceptors (Lipinski definition) is 4. The zero-order valence-electron chi connectivity index (χ0n) is 11.1. The minimum atomic E-state index is -0.595. The quantitative estimate of drug-likeness (QED) is 0.874. The van der Waals surface area contributed by atoms with Gasteiger partial charge in [-0.2, -0.15) is 0 Å². The molecule has 0 aromatic heterocycles. The van der Waals surface area contributed by atoms with Crippen LogP contribution in [0.25, 0.3) is 0 Å². The van der Waals surface area contributed by atoms with Crippen LogP contribution in [-0.2, 0) is 0 Å². The highest BCUT2D eigenvalue weighted by Crippen LogP contribution is 2.43. The van der Waals surface area contributed by atoms with Gasteiger partial charge in [-0.05, 0) is 35.9 Å². The van der Waals surface area contributed by atoms with Crippen LogP contribution in [0.15, 0.2) is 36.4 Å². The first kappa shape index (κ1) is 12.8. The smallest absolute Gasteiger partial charge is 0.231 e. The van der Waals surface area contributed by atoms with Crippen LogP contribution in [0.5, 0.6) is 17.2 Å². The summed E-state index contributed by atoms with van der Waals surface area (Å²) in [5.41, 5.74) is 1.69. The summed E-state index contributed by atoms with van der Waals surface area (Å²) in [5.74, 6) is 2.12. The van der Waals surface area contributed by atoms with E-state index in [1.807, 2.05) is 18.2 Å². The highest BCUT2D eigenvalue weighted by Gasteiger charge is 2.29. The molecule has 0 saturated carbocycles. The fraction of sp³-hybridized carbons (Fsp3) is 0.250. The van der Waals surface area contributed by atoms with Gasteiger partial charge in [-0.15, -0.1) is 0 Å². The van der Waals surface area contributed by atoms with Crippen LogP contribution in [0.2, 0.25) is 5.02 Å². The van der Waals surface area contributed by atoms with Gasteiger partial charge in [0.15, 0.2) is 11.5 Å². The van der Waals surface area contributed by atoms with Crippen molar-refractivity contribution in [1.82, 2.24) is 0 Å². The average molecular weight is 305 g/mol. The van der Waals surface area contributed by atoms with E-state index in [-0.39, 0.29) is 12.9 Å². The zero-order valence-corrected chi connectivity index (χ0v) is 11.8. The molecule has 0 fully saturated rings. The van der Waals surface area contributed by atoms with Crippen LogP contribution in [0, 0.1) is 0 Å². The Labute approximate surface area is 126 Å². The molecule has 0 aliphatic carbocycles. The largest absolute Gasteiger partial charge is 0.485 e. The molecule has 1 unspecified atom stereocenters. The van der Waals surface area contributed by atoms with Crippen molar-refractivity contribution in [2.45, 2.75) is 18.6 Å². The molecular weight excluding hydrogens is 292 g/mol. The summed E-state index contributed by atoms with van der Waals surface area (Å²) in [6.45, 7) is 0.244. The predicted molar refractivity (Wildman–Crippen MR) is 77.0 cm³/mol. The van der Waals surface area contributed by atoms with Crippen LogP contribution < -0.4 is 14.2 Å². The normalized spacial score (nSPS) is 22.6. The lowest BCUT2D eigenvalue weighted by atomic mass is 9.95. The van der Waals surface area contributed by atoms with Gasteiger partial charge in [0.25, 0.3) is 0 Å². The Morgan fingerprint density at radius 1 is 1.00 bits per heavy atom. The molecule has 0 radical (unpaired) electrons. The van der Waals surface area contributed by atoms with Crippen molar-refractivity contribution in [3.05, 3.63) is 52.5 Å². The maximum Gasteiger partial charge on any atom is 0.231 e. The van der Waals surface area contributed by atoms with E-state index in [0.29, 0.717) is 22.9 Å². The summed E-state index contributed by atoms with van der Waals surface area (Å²) in [6.07, 6.45) is -0.335. The van der Waals surface area contributed by atoms with Gasteiger partial charge in [0.1, 0.15) is 11.9 Å². The Balaban J connectivity index is 1.67. The third-order valence-corrected chi connectivity index (χ3v) is 4.04. The Bertz CT molecular complexity index is 701. The molecule has 2 heterocycles. The molecule has 0 bridgehead atoms. The van der Waals surface area contributed by atoms with Gasteiger partial charge < -0.3 is 19.3 Å². The maximum atomic E-state index is 10.3. The average Bonchev–Trinajstić information content (AvgIpc) is 2.95. The number of benzene rings is 2. The monoisotopic (exact) mass is 304 g/mol. The van der Waals surface area contributed by atoms with Crippen LogP contribution in [0.3, 0.4) is 0 Å². The molecule has 0 amide bonds. The summed E-state index contributed by atoms with van der Waals surface area (Å²) in [6, 6.07) is 11.0. The van der Waals surface area contributed by atoms with E-state index < -0.39 is 6.10 Å². The van der Waals surface area contributed by atoms with Crippen molar-refractivity contribution >= 4 is 11.6 Å². The SMILES string of the molecule is O[C@@H]1CC(c2ccc3c(c2)OCO3)Oc2ccc(Cl)cc21. The van der Waals surface area contributed by atoms with Crippen molar-refractivity contribution in [2.24, 2.45) is 0 Å². The molecule has 0 saturated heterocycles. The minimum Gasteiger partial charge on any atom is -0.485 e. The molecule has 2 aliphatic heterocycles. The van der Waals surface area contributed by atoms with Gasteiger partial charge in [0.2, 0.25) is 6.79 Å². The van der Waals surface area contributed by atoms with E-state index in [1.54, 1.807) is 18.2 Å². The number of fused-ring (bicyclic) bond motifs is 2. The number of aliphatic hydroxyl groups is 1. The molecule has 5 heteroatoms. The zero-order chi connectivity index (χ0) is 14.4. The molecule has 2 atom stereocenters. The highest BCUT2D eigenvalue weighted by molar-refractivity contribution is 6.30. The molecule has 4 rings (SSSR count). The van der Waals surface area contributed by atoms with Crippen molar-refractivity contribution in [2.75, 3.05) is 6.79 Å². The molecule has 21 heavy (non-hydrogen) atoms. The topological polar surface area (TPSA) is 47.9 Å². The number of rotatable bonds is 1. The first-order valence-corrected chi connectivity index (χ1v) is 7.12. The summed E-state index contributed by atoms with van der Waals surface area (Å²) in [7, 11) is 0. The van der Waals surface area contributed by atoms with Gasteiger partial charge in [0, 0.05) is 17.0 Å². The molecular formula is C16H13ClO4. The van der Waals surface area contributed by atoms with Crippen LogP contribution >= 0.6 is 11.6 Å². The van der Waals surface area contributed by atoms with Crippen molar-refractivity contribution in [3.63, 3.8) is 0 Å². The van der Waals surface area contributed by atoms with Crippen LogP contribution in [-0.4, -0.2) is 11.9 Å². The minimum absolute atomic E-state index is 0.219.